The smallest absolute Gasteiger partial charge is 0.133 e. The van der Waals surface area contributed by atoms with E-state index in [1.165, 1.54) is 0 Å². The highest BCUT2D eigenvalue weighted by Gasteiger charge is 2.05. The Balaban J connectivity index is 2.56. The van der Waals surface area contributed by atoms with Crippen molar-refractivity contribution in [2.75, 3.05) is 0 Å². The molecule has 0 aliphatic carbocycles. The minimum atomic E-state index is 0.0916. The zero-order valence-corrected chi connectivity index (χ0v) is 8.75. The highest BCUT2D eigenvalue weighted by atomic mass is 35.5. The van der Waals surface area contributed by atoms with E-state index in [9.17, 15) is 0 Å². The maximum absolute atomic E-state index is 7.23. The van der Waals surface area contributed by atoms with Crippen LogP contribution in [-0.4, -0.2) is 10.8 Å². The van der Waals surface area contributed by atoms with Crippen LogP contribution in [-0.2, 0) is 6.42 Å². The van der Waals surface area contributed by atoms with Gasteiger partial charge in [-0.25, -0.2) is 4.98 Å². The van der Waals surface area contributed by atoms with Crippen LogP contribution in [0.5, 0.6) is 0 Å². The predicted octanol–water partition coefficient (Wildman–Crippen LogP) is 2.37. The zero-order chi connectivity index (χ0) is 10.8. The lowest BCUT2D eigenvalue weighted by molar-refractivity contribution is 1.21. The predicted molar refractivity (Wildman–Crippen MR) is 62.4 cm³/mol. The molecular weight excluding hydrogens is 210 g/mol. The third-order valence-corrected chi connectivity index (χ3v) is 2.46. The molecule has 1 heterocycles. The number of amidine groups is 1. The van der Waals surface area contributed by atoms with Crippen LogP contribution in [0.2, 0.25) is 5.15 Å². The van der Waals surface area contributed by atoms with Crippen LogP contribution in [0, 0.1) is 5.41 Å². The van der Waals surface area contributed by atoms with Gasteiger partial charge in [0.25, 0.3) is 0 Å². The van der Waals surface area contributed by atoms with Crippen molar-refractivity contribution in [3.05, 3.63) is 41.0 Å². The van der Waals surface area contributed by atoms with E-state index in [0.717, 1.165) is 16.5 Å². The summed E-state index contributed by atoms with van der Waals surface area (Å²) in [7, 11) is 0. The summed E-state index contributed by atoms with van der Waals surface area (Å²) < 4.78 is 0. The molecule has 0 amide bonds. The molecule has 76 valence electrons. The third-order valence-electron chi connectivity index (χ3n) is 2.13. The first-order valence-corrected chi connectivity index (χ1v) is 4.91. The van der Waals surface area contributed by atoms with E-state index in [0.29, 0.717) is 11.6 Å². The topological polar surface area (TPSA) is 62.8 Å². The van der Waals surface area contributed by atoms with Crippen molar-refractivity contribution < 1.29 is 0 Å². The molecular formula is C11H10ClN3. The van der Waals surface area contributed by atoms with Gasteiger partial charge in [-0.3, -0.25) is 5.41 Å². The summed E-state index contributed by atoms with van der Waals surface area (Å²) in [6.07, 6.45) is 0.344. The lowest BCUT2D eigenvalue weighted by atomic mass is 10.1. The lowest BCUT2D eigenvalue weighted by Gasteiger charge is -2.04. The van der Waals surface area contributed by atoms with E-state index < -0.39 is 0 Å². The van der Waals surface area contributed by atoms with Crippen LogP contribution >= 0.6 is 11.6 Å². The standard InChI is InChI=1S/C11H10ClN3/c12-11-8(6-10(13)14)5-7-3-1-2-4-9(7)15-11/h1-5H,6H2,(H3,13,14). The van der Waals surface area contributed by atoms with Gasteiger partial charge in [0.2, 0.25) is 0 Å². The van der Waals surface area contributed by atoms with Crippen molar-refractivity contribution in [1.29, 1.82) is 5.41 Å². The Morgan fingerprint density at radius 1 is 1.40 bits per heavy atom. The number of pyridine rings is 1. The van der Waals surface area contributed by atoms with Crippen LogP contribution < -0.4 is 5.73 Å². The van der Waals surface area contributed by atoms with Gasteiger partial charge in [-0.05, 0) is 17.7 Å². The molecule has 0 saturated heterocycles. The molecule has 0 atom stereocenters. The van der Waals surface area contributed by atoms with Gasteiger partial charge < -0.3 is 5.73 Å². The molecule has 4 heteroatoms. The van der Waals surface area contributed by atoms with Crippen LogP contribution in [0.3, 0.4) is 0 Å². The molecule has 3 N–H and O–H groups in total. The molecule has 2 aromatic rings. The lowest BCUT2D eigenvalue weighted by Crippen LogP contribution is -2.13. The summed E-state index contributed by atoms with van der Waals surface area (Å²) in [6, 6.07) is 9.64. The minimum absolute atomic E-state index is 0.0916. The van der Waals surface area contributed by atoms with Gasteiger partial charge in [0.15, 0.2) is 0 Å². The maximum Gasteiger partial charge on any atom is 0.133 e. The van der Waals surface area contributed by atoms with E-state index in [2.05, 4.69) is 4.98 Å². The second kappa shape index (κ2) is 3.87. The first kappa shape index (κ1) is 9.93. The first-order valence-electron chi connectivity index (χ1n) is 4.54. The molecule has 1 aromatic heterocycles. The Bertz CT molecular complexity index is 522. The average Bonchev–Trinajstić information content (AvgIpc) is 2.18. The van der Waals surface area contributed by atoms with Gasteiger partial charge in [-0.15, -0.1) is 0 Å². The second-order valence-corrected chi connectivity index (χ2v) is 3.69. The van der Waals surface area contributed by atoms with E-state index in [-0.39, 0.29) is 5.84 Å². The molecule has 3 nitrogen and oxygen atoms in total. The zero-order valence-electron chi connectivity index (χ0n) is 8.00. The molecule has 0 spiro atoms. The average molecular weight is 220 g/mol. The SMILES string of the molecule is N=C(N)Cc1cc2ccccc2nc1Cl. The van der Waals surface area contributed by atoms with E-state index in [4.69, 9.17) is 22.7 Å². The Morgan fingerprint density at radius 2 is 2.13 bits per heavy atom. The Morgan fingerprint density at radius 3 is 2.87 bits per heavy atom. The second-order valence-electron chi connectivity index (χ2n) is 3.33. The van der Waals surface area contributed by atoms with Crippen LogP contribution in [0.4, 0.5) is 0 Å². The number of nitrogens with one attached hydrogen (secondary N) is 1. The van der Waals surface area contributed by atoms with Crippen LogP contribution in [0.25, 0.3) is 10.9 Å². The van der Waals surface area contributed by atoms with Gasteiger partial charge in [0, 0.05) is 11.8 Å². The monoisotopic (exact) mass is 219 g/mol. The van der Waals surface area contributed by atoms with Crippen molar-refractivity contribution in [1.82, 2.24) is 4.98 Å². The summed E-state index contributed by atoms with van der Waals surface area (Å²) in [5, 5.41) is 8.66. The quantitative estimate of drug-likeness (QED) is 0.463. The fourth-order valence-corrected chi connectivity index (χ4v) is 1.68. The van der Waals surface area contributed by atoms with Crippen molar-refractivity contribution >= 4 is 28.3 Å². The number of fused-ring (bicyclic) bond motifs is 1. The number of para-hydroxylation sites is 1. The summed E-state index contributed by atoms with van der Waals surface area (Å²) in [6.45, 7) is 0. The molecule has 15 heavy (non-hydrogen) atoms. The molecule has 0 radical (unpaired) electrons. The van der Waals surface area contributed by atoms with Gasteiger partial charge in [0.1, 0.15) is 5.15 Å². The van der Waals surface area contributed by atoms with Gasteiger partial charge >= 0.3 is 0 Å². The number of halogens is 1. The summed E-state index contributed by atoms with van der Waals surface area (Å²) in [5.74, 6) is 0.0916. The van der Waals surface area contributed by atoms with E-state index in [1.807, 2.05) is 30.3 Å². The number of hydrogen-bond acceptors (Lipinski definition) is 2. The Labute approximate surface area is 92.4 Å². The number of hydrogen-bond donors (Lipinski definition) is 2. The van der Waals surface area contributed by atoms with Gasteiger partial charge in [-0.2, -0.15) is 0 Å². The molecule has 0 unspecified atom stereocenters. The van der Waals surface area contributed by atoms with Crippen molar-refractivity contribution in [2.24, 2.45) is 5.73 Å². The van der Waals surface area contributed by atoms with Crippen LogP contribution in [0.15, 0.2) is 30.3 Å². The van der Waals surface area contributed by atoms with Crippen LogP contribution in [0.1, 0.15) is 5.56 Å². The number of nitrogens with zero attached hydrogens (tertiary/aromatic N) is 1. The molecule has 0 aliphatic rings. The van der Waals surface area contributed by atoms with Crippen molar-refractivity contribution in [3.8, 4) is 0 Å². The number of rotatable bonds is 2. The van der Waals surface area contributed by atoms with Gasteiger partial charge in [0.05, 0.1) is 11.4 Å². The number of nitrogens with two attached hydrogens (primary N) is 1. The molecule has 2 rings (SSSR count). The Hall–Kier alpha value is -1.61. The molecule has 0 fully saturated rings. The van der Waals surface area contributed by atoms with E-state index in [1.54, 1.807) is 0 Å². The third kappa shape index (κ3) is 2.07. The van der Waals surface area contributed by atoms with Crippen molar-refractivity contribution in [2.45, 2.75) is 6.42 Å². The maximum atomic E-state index is 7.23. The highest BCUT2D eigenvalue weighted by Crippen LogP contribution is 2.20. The minimum Gasteiger partial charge on any atom is -0.387 e. The largest absolute Gasteiger partial charge is 0.387 e. The summed E-state index contributed by atoms with van der Waals surface area (Å²) >= 11 is 5.98. The van der Waals surface area contributed by atoms with Crippen molar-refractivity contribution in [3.63, 3.8) is 0 Å². The summed E-state index contributed by atoms with van der Waals surface area (Å²) in [5.41, 5.74) is 6.98. The number of aromatic nitrogens is 1. The number of benzene rings is 1. The molecule has 0 bridgehead atoms. The molecule has 0 saturated carbocycles. The fraction of sp³-hybridized carbons (Fsp3) is 0.0909. The van der Waals surface area contributed by atoms with Gasteiger partial charge in [-0.1, -0.05) is 29.8 Å². The normalized spacial score (nSPS) is 10.5. The molecule has 1 aromatic carbocycles. The fourth-order valence-electron chi connectivity index (χ4n) is 1.47. The summed E-state index contributed by atoms with van der Waals surface area (Å²) in [4.78, 5) is 4.24. The first-order chi connectivity index (χ1) is 7.16. The highest BCUT2D eigenvalue weighted by molar-refractivity contribution is 6.30. The van der Waals surface area contributed by atoms with E-state index >= 15 is 0 Å². The Kier molecular flexibility index (Phi) is 2.56. The molecule has 0 aliphatic heterocycles.